The zero-order chi connectivity index (χ0) is 10.7. The van der Waals surface area contributed by atoms with Crippen molar-refractivity contribution >= 4 is 5.91 Å². The third-order valence-corrected chi connectivity index (χ3v) is 3.88. The standard InChI is InChI=1S/C12H22N2O/c13-7-11-5-6-12(15)14(9-11)8-10-3-1-2-4-10/h10-11H,1-9,13H2. The fourth-order valence-electron chi connectivity index (χ4n) is 2.86. The summed E-state index contributed by atoms with van der Waals surface area (Å²) >= 11 is 0. The van der Waals surface area contributed by atoms with Crippen molar-refractivity contribution in [1.82, 2.24) is 4.90 Å². The second kappa shape index (κ2) is 4.97. The van der Waals surface area contributed by atoms with Gasteiger partial charge >= 0.3 is 0 Å². The van der Waals surface area contributed by atoms with Gasteiger partial charge < -0.3 is 10.6 Å². The predicted molar refractivity (Wildman–Crippen MR) is 60.3 cm³/mol. The van der Waals surface area contributed by atoms with Crippen LogP contribution in [0.2, 0.25) is 0 Å². The van der Waals surface area contributed by atoms with Gasteiger partial charge in [-0.25, -0.2) is 0 Å². The zero-order valence-electron chi connectivity index (χ0n) is 9.45. The minimum atomic E-state index is 0.353. The Morgan fingerprint density at radius 1 is 1.20 bits per heavy atom. The van der Waals surface area contributed by atoms with E-state index in [9.17, 15) is 4.79 Å². The Balaban J connectivity index is 1.85. The quantitative estimate of drug-likeness (QED) is 0.765. The van der Waals surface area contributed by atoms with Crippen molar-refractivity contribution in [3.05, 3.63) is 0 Å². The second-order valence-corrected chi connectivity index (χ2v) is 5.09. The Morgan fingerprint density at radius 2 is 1.93 bits per heavy atom. The third-order valence-electron chi connectivity index (χ3n) is 3.88. The van der Waals surface area contributed by atoms with Crippen molar-refractivity contribution in [3.63, 3.8) is 0 Å². The fourth-order valence-corrected chi connectivity index (χ4v) is 2.86. The van der Waals surface area contributed by atoms with Crippen LogP contribution in [-0.2, 0) is 4.79 Å². The van der Waals surface area contributed by atoms with Crippen LogP contribution in [0.5, 0.6) is 0 Å². The summed E-state index contributed by atoms with van der Waals surface area (Å²) in [5.41, 5.74) is 5.68. The van der Waals surface area contributed by atoms with Crippen molar-refractivity contribution in [2.24, 2.45) is 17.6 Å². The van der Waals surface area contributed by atoms with Gasteiger partial charge in [0.05, 0.1) is 0 Å². The van der Waals surface area contributed by atoms with E-state index in [-0.39, 0.29) is 0 Å². The highest BCUT2D eigenvalue weighted by Crippen LogP contribution is 2.27. The van der Waals surface area contributed by atoms with E-state index < -0.39 is 0 Å². The van der Waals surface area contributed by atoms with Crippen LogP contribution in [-0.4, -0.2) is 30.4 Å². The Bertz CT molecular complexity index is 224. The Morgan fingerprint density at radius 3 is 2.60 bits per heavy atom. The monoisotopic (exact) mass is 210 g/mol. The van der Waals surface area contributed by atoms with Gasteiger partial charge in [-0.3, -0.25) is 4.79 Å². The van der Waals surface area contributed by atoms with Crippen molar-refractivity contribution in [2.75, 3.05) is 19.6 Å². The molecular weight excluding hydrogens is 188 g/mol. The molecular formula is C12H22N2O. The van der Waals surface area contributed by atoms with E-state index in [0.717, 1.165) is 32.0 Å². The fraction of sp³-hybridized carbons (Fsp3) is 0.917. The molecule has 3 nitrogen and oxygen atoms in total. The molecule has 0 aromatic rings. The average Bonchev–Trinajstić information content (AvgIpc) is 2.74. The highest BCUT2D eigenvalue weighted by molar-refractivity contribution is 5.76. The molecule has 3 heteroatoms. The molecule has 2 N–H and O–H groups in total. The number of carbonyl (C=O) groups excluding carboxylic acids is 1. The summed E-state index contributed by atoms with van der Waals surface area (Å²) in [6.07, 6.45) is 7.05. The Labute approximate surface area is 92.0 Å². The van der Waals surface area contributed by atoms with Gasteiger partial charge in [0, 0.05) is 19.5 Å². The van der Waals surface area contributed by atoms with Gasteiger partial charge in [0.25, 0.3) is 0 Å². The maximum Gasteiger partial charge on any atom is 0.222 e. The molecule has 1 saturated carbocycles. The number of amides is 1. The average molecular weight is 210 g/mol. The molecule has 2 fully saturated rings. The van der Waals surface area contributed by atoms with Crippen LogP contribution < -0.4 is 5.73 Å². The van der Waals surface area contributed by atoms with E-state index in [1.165, 1.54) is 25.7 Å². The zero-order valence-corrected chi connectivity index (χ0v) is 9.45. The molecule has 1 aliphatic heterocycles. The summed E-state index contributed by atoms with van der Waals surface area (Å²) in [6.45, 7) is 2.63. The number of hydrogen-bond acceptors (Lipinski definition) is 2. The largest absolute Gasteiger partial charge is 0.342 e. The van der Waals surface area contributed by atoms with E-state index in [0.29, 0.717) is 18.2 Å². The summed E-state index contributed by atoms with van der Waals surface area (Å²) in [5.74, 6) is 1.67. The first kappa shape index (κ1) is 10.9. The van der Waals surface area contributed by atoms with Crippen LogP contribution in [0, 0.1) is 11.8 Å². The molecule has 15 heavy (non-hydrogen) atoms. The van der Waals surface area contributed by atoms with E-state index in [1.54, 1.807) is 0 Å². The van der Waals surface area contributed by atoms with Crippen LogP contribution in [0.3, 0.4) is 0 Å². The van der Waals surface area contributed by atoms with Gasteiger partial charge in [-0.05, 0) is 37.6 Å². The minimum Gasteiger partial charge on any atom is -0.342 e. The van der Waals surface area contributed by atoms with Crippen LogP contribution in [0.4, 0.5) is 0 Å². The third kappa shape index (κ3) is 2.71. The molecule has 0 aromatic carbocycles. The molecule has 86 valence electrons. The van der Waals surface area contributed by atoms with Crippen molar-refractivity contribution < 1.29 is 4.79 Å². The summed E-state index contributed by atoms with van der Waals surface area (Å²) in [7, 11) is 0. The van der Waals surface area contributed by atoms with E-state index in [1.807, 2.05) is 0 Å². The molecule has 0 radical (unpaired) electrons. The summed E-state index contributed by atoms with van der Waals surface area (Å²) < 4.78 is 0. The minimum absolute atomic E-state index is 0.353. The highest BCUT2D eigenvalue weighted by Gasteiger charge is 2.27. The first-order valence-corrected chi connectivity index (χ1v) is 6.27. The maximum absolute atomic E-state index is 11.7. The van der Waals surface area contributed by atoms with Crippen LogP contribution >= 0.6 is 0 Å². The number of rotatable bonds is 3. The molecule has 0 spiro atoms. The number of piperidine rings is 1. The summed E-state index contributed by atoms with van der Waals surface area (Å²) in [5, 5.41) is 0. The number of nitrogens with zero attached hydrogens (tertiary/aromatic N) is 1. The topological polar surface area (TPSA) is 46.3 Å². The Hall–Kier alpha value is -0.570. The van der Waals surface area contributed by atoms with Gasteiger partial charge in [-0.1, -0.05) is 12.8 Å². The lowest BCUT2D eigenvalue weighted by molar-refractivity contribution is -0.135. The molecule has 1 unspecified atom stereocenters. The summed E-state index contributed by atoms with van der Waals surface area (Å²) in [4.78, 5) is 13.8. The lowest BCUT2D eigenvalue weighted by Gasteiger charge is -2.33. The SMILES string of the molecule is NCC1CCC(=O)N(CC2CCCC2)C1. The van der Waals surface area contributed by atoms with Gasteiger partial charge in [0.1, 0.15) is 0 Å². The second-order valence-electron chi connectivity index (χ2n) is 5.09. The summed E-state index contributed by atoms with van der Waals surface area (Å²) in [6, 6.07) is 0. The molecule has 1 aliphatic carbocycles. The van der Waals surface area contributed by atoms with E-state index in [2.05, 4.69) is 4.90 Å². The first-order valence-electron chi connectivity index (χ1n) is 6.27. The molecule has 2 aliphatic rings. The molecule has 2 rings (SSSR count). The lowest BCUT2D eigenvalue weighted by Crippen LogP contribution is -2.44. The van der Waals surface area contributed by atoms with Crippen LogP contribution in [0.25, 0.3) is 0 Å². The predicted octanol–water partition coefficient (Wildman–Crippen LogP) is 1.37. The Kier molecular flexibility index (Phi) is 3.62. The smallest absolute Gasteiger partial charge is 0.222 e. The van der Waals surface area contributed by atoms with E-state index >= 15 is 0 Å². The molecule has 1 saturated heterocycles. The van der Waals surface area contributed by atoms with Crippen molar-refractivity contribution in [2.45, 2.75) is 38.5 Å². The first-order chi connectivity index (χ1) is 7.29. The number of likely N-dealkylation sites (tertiary alicyclic amines) is 1. The molecule has 1 atom stereocenters. The molecule has 1 amide bonds. The number of hydrogen-bond donors (Lipinski definition) is 1. The normalized spacial score (nSPS) is 28.7. The van der Waals surface area contributed by atoms with Gasteiger partial charge in [-0.2, -0.15) is 0 Å². The molecule has 1 heterocycles. The highest BCUT2D eigenvalue weighted by atomic mass is 16.2. The van der Waals surface area contributed by atoms with Gasteiger partial charge in [0.15, 0.2) is 0 Å². The van der Waals surface area contributed by atoms with Crippen LogP contribution in [0.1, 0.15) is 38.5 Å². The molecule has 0 aromatic heterocycles. The van der Waals surface area contributed by atoms with Gasteiger partial charge in [0.2, 0.25) is 5.91 Å². The van der Waals surface area contributed by atoms with Crippen LogP contribution in [0.15, 0.2) is 0 Å². The maximum atomic E-state index is 11.7. The number of carbonyl (C=O) groups is 1. The number of nitrogens with two attached hydrogens (primary N) is 1. The van der Waals surface area contributed by atoms with Crippen molar-refractivity contribution in [3.8, 4) is 0 Å². The van der Waals surface area contributed by atoms with E-state index in [4.69, 9.17) is 5.73 Å². The molecule has 0 bridgehead atoms. The lowest BCUT2D eigenvalue weighted by atomic mass is 9.96. The van der Waals surface area contributed by atoms with Gasteiger partial charge in [-0.15, -0.1) is 0 Å². The van der Waals surface area contributed by atoms with Crippen molar-refractivity contribution in [1.29, 1.82) is 0 Å².